The highest BCUT2D eigenvalue weighted by Gasteiger charge is 2.60. The van der Waals surface area contributed by atoms with Gasteiger partial charge in [0.2, 0.25) is 16.9 Å². The van der Waals surface area contributed by atoms with E-state index in [1.807, 2.05) is 0 Å². The maximum absolute atomic E-state index is 13.2. The number of anilines is 1. The van der Waals surface area contributed by atoms with Crippen molar-refractivity contribution in [2.45, 2.75) is 71.3 Å². The third-order valence-corrected chi connectivity index (χ3v) is 7.12. The Kier molecular flexibility index (Phi) is 4.33. The molecule has 0 radical (unpaired) electrons. The second-order valence-corrected chi connectivity index (χ2v) is 10.3. The molecule has 0 saturated heterocycles. The normalized spacial score (nSPS) is 34.9. The van der Waals surface area contributed by atoms with Crippen molar-refractivity contribution < 1.29 is 9.59 Å². The lowest BCUT2D eigenvalue weighted by Gasteiger charge is -2.61. The molecule has 4 saturated carbocycles. The largest absolute Gasteiger partial charge is 0.351 e. The number of nitrogens with zero attached hydrogens (tertiary/aromatic N) is 2. The van der Waals surface area contributed by atoms with Gasteiger partial charge in [-0.3, -0.25) is 9.59 Å². The highest BCUT2D eigenvalue weighted by molar-refractivity contribution is 7.15. The molecule has 6 nitrogen and oxygen atoms in total. The molecule has 2 amide bonds. The van der Waals surface area contributed by atoms with E-state index in [9.17, 15) is 9.59 Å². The molecule has 4 aliphatic carbocycles. The van der Waals surface area contributed by atoms with Gasteiger partial charge in [0.05, 0.1) is 5.41 Å². The number of carbonyl (C=O) groups excluding carboxylic acids is 2. The Balaban J connectivity index is 1.52. The zero-order valence-electron chi connectivity index (χ0n) is 15.8. The average Bonchev–Trinajstić information content (AvgIpc) is 2.90. The SMILES string of the molecule is CC(=O)NC12CC3CC(C1)CC(C(=O)Nc1nnc(CC(C)C)s1)(C3)C2. The second kappa shape index (κ2) is 6.29. The molecule has 4 bridgehead atoms. The summed E-state index contributed by atoms with van der Waals surface area (Å²) in [5.41, 5.74) is -0.548. The zero-order valence-corrected chi connectivity index (χ0v) is 16.6. The lowest BCUT2D eigenvalue weighted by molar-refractivity contribution is -0.148. The maximum atomic E-state index is 13.2. The summed E-state index contributed by atoms with van der Waals surface area (Å²) in [6.07, 6.45) is 6.77. The van der Waals surface area contributed by atoms with Crippen LogP contribution in [0.15, 0.2) is 0 Å². The molecule has 2 atom stereocenters. The van der Waals surface area contributed by atoms with Gasteiger partial charge in [-0.15, -0.1) is 10.2 Å². The van der Waals surface area contributed by atoms with Crippen LogP contribution in [-0.4, -0.2) is 27.6 Å². The molecule has 26 heavy (non-hydrogen) atoms. The number of nitrogens with one attached hydrogen (secondary N) is 2. The van der Waals surface area contributed by atoms with Gasteiger partial charge in [0.25, 0.3) is 0 Å². The van der Waals surface area contributed by atoms with Crippen molar-refractivity contribution in [1.29, 1.82) is 0 Å². The fraction of sp³-hybridized carbons (Fsp3) is 0.789. The first-order chi connectivity index (χ1) is 12.3. The minimum Gasteiger partial charge on any atom is -0.351 e. The highest BCUT2D eigenvalue weighted by atomic mass is 32.1. The van der Waals surface area contributed by atoms with Crippen molar-refractivity contribution in [3.8, 4) is 0 Å². The molecule has 0 aliphatic heterocycles. The number of aromatic nitrogens is 2. The average molecular weight is 377 g/mol. The summed E-state index contributed by atoms with van der Waals surface area (Å²) < 4.78 is 0. The molecule has 5 rings (SSSR count). The van der Waals surface area contributed by atoms with Crippen molar-refractivity contribution in [3.05, 3.63) is 5.01 Å². The first-order valence-electron chi connectivity index (χ1n) is 9.70. The van der Waals surface area contributed by atoms with E-state index in [0.29, 0.717) is 22.9 Å². The van der Waals surface area contributed by atoms with Crippen molar-refractivity contribution in [1.82, 2.24) is 15.5 Å². The van der Waals surface area contributed by atoms with Crippen LogP contribution in [0.4, 0.5) is 5.13 Å². The lowest BCUT2D eigenvalue weighted by Crippen LogP contribution is -2.65. The second-order valence-electron chi connectivity index (χ2n) is 9.26. The van der Waals surface area contributed by atoms with Gasteiger partial charge < -0.3 is 10.6 Å². The van der Waals surface area contributed by atoms with Crippen LogP contribution in [0.1, 0.15) is 64.3 Å². The van der Waals surface area contributed by atoms with E-state index in [2.05, 4.69) is 34.7 Å². The van der Waals surface area contributed by atoms with E-state index >= 15 is 0 Å². The van der Waals surface area contributed by atoms with Crippen molar-refractivity contribution in [3.63, 3.8) is 0 Å². The summed E-state index contributed by atoms with van der Waals surface area (Å²) in [6, 6.07) is 0. The molecule has 4 fully saturated rings. The Morgan fingerprint density at radius 1 is 1.19 bits per heavy atom. The topological polar surface area (TPSA) is 84.0 Å². The van der Waals surface area contributed by atoms with Crippen LogP contribution in [0, 0.1) is 23.2 Å². The standard InChI is InChI=1S/C19H28N4O2S/c1-11(2)4-15-22-23-17(26-15)20-16(25)18-6-13-5-14(7-18)9-19(8-13,10-18)21-12(3)24/h11,13-14H,4-10H2,1-3H3,(H,21,24)(H,20,23,25). The smallest absolute Gasteiger partial charge is 0.232 e. The predicted molar refractivity (Wildman–Crippen MR) is 101 cm³/mol. The number of carbonyl (C=O) groups is 2. The van der Waals surface area contributed by atoms with Crippen LogP contribution in [0.3, 0.4) is 0 Å². The Hall–Kier alpha value is -1.50. The summed E-state index contributed by atoms with van der Waals surface area (Å²) in [5, 5.41) is 16.2. The number of amides is 2. The molecular weight excluding hydrogens is 348 g/mol. The summed E-state index contributed by atoms with van der Waals surface area (Å²) in [6.45, 7) is 5.88. The third kappa shape index (κ3) is 3.26. The van der Waals surface area contributed by atoms with E-state index in [1.165, 1.54) is 17.8 Å². The first-order valence-corrected chi connectivity index (χ1v) is 10.5. The van der Waals surface area contributed by atoms with Gasteiger partial charge in [-0.2, -0.15) is 0 Å². The maximum Gasteiger partial charge on any atom is 0.232 e. The highest BCUT2D eigenvalue weighted by Crippen LogP contribution is 2.61. The van der Waals surface area contributed by atoms with Crippen molar-refractivity contribution in [2.24, 2.45) is 23.2 Å². The predicted octanol–water partition coefficient (Wildman–Crippen LogP) is 3.15. The van der Waals surface area contributed by atoms with Crippen LogP contribution in [0.2, 0.25) is 0 Å². The van der Waals surface area contributed by atoms with E-state index in [4.69, 9.17) is 0 Å². The van der Waals surface area contributed by atoms with Gasteiger partial charge in [0.1, 0.15) is 5.01 Å². The molecular formula is C19H28N4O2S. The Labute approximate surface area is 158 Å². The molecule has 4 aliphatic rings. The van der Waals surface area contributed by atoms with Gasteiger partial charge in [0.15, 0.2) is 0 Å². The molecule has 7 heteroatoms. The summed E-state index contributed by atoms with van der Waals surface area (Å²) in [5.74, 6) is 1.70. The molecule has 142 valence electrons. The molecule has 1 heterocycles. The molecule has 2 N–H and O–H groups in total. The fourth-order valence-electron chi connectivity index (χ4n) is 6.01. The third-order valence-electron chi connectivity index (χ3n) is 6.25. The van der Waals surface area contributed by atoms with Crippen LogP contribution < -0.4 is 10.6 Å². The van der Waals surface area contributed by atoms with E-state index in [1.54, 1.807) is 6.92 Å². The Morgan fingerprint density at radius 2 is 1.88 bits per heavy atom. The zero-order chi connectivity index (χ0) is 18.5. The van der Waals surface area contributed by atoms with Crippen LogP contribution >= 0.6 is 11.3 Å². The Bertz CT molecular complexity index is 715. The van der Waals surface area contributed by atoms with Crippen LogP contribution in [-0.2, 0) is 16.0 Å². The van der Waals surface area contributed by atoms with Gasteiger partial charge in [-0.25, -0.2) is 0 Å². The quantitative estimate of drug-likeness (QED) is 0.827. The lowest BCUT2D eigenvalue weighted by atomic mass is 9.46. The van der Waals surface area contributed by atoms with Gasteiger partial charge in [-0.1, -0.05) is 25.2 Å². The van der Waals surface area contributed by atoms with E-state index < -0.39 is 0 Å². The van der Waals surface area contributed by atoms with Gasteiger partial charge in [0, 0.05) is 18.9 Å². The Morgan fingerprint density at radius 3 is 2.50 bits per heavy atom. The van der Waals surface area contributed by atoms with E-state index in [0.717, 1.165) is 43.5 Å². The summed E-state index contributed by atoms with van der Waals surface area (Å²) >= 11 is 1.48. The number of hydrogen-bond donors (Lipinski definition) is 2. The minimum atomic E-state index is -0.365. The van der Waals surface area contributed by atoms with E-state index in [-0.39, 0.29) is 22.8 Å². The van der Waals surface area contributed by atoms with Crippen LogP contribution in [0.5, 0.6) is 0 Å². The minimum absolute atomic E-state index is 0.0185. The molecule has 0 aromatic carbocycles. The van der Waals surface area contributed by atoms with Gasteiger partial charge >= 0.3 is 0 Å². The van der Waals surface area contributed by atoms with Crippen molar-refractivity contribution in [2.75, 3.05) is 5.32 Å². The molecule has 1 aromatic rings. The summed E-state index contributed by atoms with van der Waals surface area (Å²) in [7, 11) is 0. The molecule has 0 spiro atoms. The number of rotatable bonds is 5. The number of hydrogen-bond acceptors (Lipinski definition) is 5. The van der Waals surface area contributed by atoms with Crippen molar-refractivity contribution >= 4 is 28.3 Å². The van der Waals surface area contributed by atoms with Gasteiger partial charge in [-0.05, 0) is 56.3 Å². The fourth-order valence-corrected chi connectivity index (χ4v) is 6.96. The van der Waals surface area contributed by atoms with Crippen LogP contribution in [0.25, 0.3) is 0 Å². The molecule has 2 unspecified atom stereocenters. The molecule has 1 aromatic heterocycles. The first kappa shape index (κ1) is 17.9. The monoisotopic (exact) mass is 376 g/mol. The summed E-state index contributed by atoms with van der Waals surface area (Å²) in [4.78, 5) is 25.0.